The minimum absolute atomic E-state index is 0.756. The van der Waals surface area contributed by atoms with Crippen LogP contribution in [-0.4, -0.2) is 45.9 Å². The first kappa shape index (κ1) is 15.0. The van der Waals surface area contributed by atoms with Crippen molar-refractivity contribution in [2.75, 3.05) is 13.1 Å². The van der Waals surface area contributed by atoms with Gasteiger partial charge in [0.1, 0.15) is 0 Å². The second kappa shape index (κ2) is 6.93. The van der Waals surface area contributed by atoms with Crippen LogP contribution in [0.25, 0.3) is 0 Å². The summed E-state index contributed by atoms with van der Waals surface area (Å²) >= 11 is 0. The number of nitrogens with zero attached hydrogens (tertiary/aromatic N) is 3. The average Bonchev–Trinajstić information content (AvgIpc) is 2.88. The van der Waals surface area contributed by atoms with Crippen molar-refractivity contribution in [1.82, 2.24) is 20.0 Å². The second-order valence-corrected chi connectivity index (χ2v) is 6.83. The molecule has 3 heterocycles. The van der Waals surface area contributed by atoms with E-state index in [9.17, 15) is 0 Å². The molecule has 2 bridgehead atoms. The molecule has 1 N–H and O–H groups in total. The second-order valence-electron chi connectivity index (χ2n) is 6.83. The molecule has 0 radical (unpaired) electrons. The third-order valence-electron chi connectivity index (χ3n) is 5.20. The van der Waals surface area contributed by atoms with Crippen LogP contribution in [0.4, 0.5) is 0 Å². The summed E-state index contributed by atoms with van der Waals surface area (Å²) in [4.78, 5) is 2.79. The Morgan fingerprint density at radius 3 is 2.67 bits per heavy atom. The molecule has 2 aliphatic heterocycles. The first-order valence-electron chi connectivity index (χ1n) is 8.74. The summed E-state index contributed by atoms with van der Waals surface area (Å²) in [5.41, 5.74) is 1.24. The third kappa shape index (κ3) is 3.67. The maximum absolute atomic E-state index is 4.52. The summed E-state index contributed by atoms with van der Waals surface area (Å²) in [6.07, 6.45) is 11.3. The highest BCUT2D eigenvalue weighted by molar-refractivity contribution is 5.01. The van der Waals surface area contributed by atoms with E-state index in [0.29, 0.717) is 0 Å². The standard InChI is InChI=1S/C17H30N4/c1-3-9-18-15-12-16-5-4-6-17(13-15)21(16)11-8-14-7-10-20(2)19-14/h7,10,15-18H,3-6,8-9,11-13H2,1-2H3. The van der Waals surface area contributed by atoms with Gasteiger partial charge in [-0.25, -0.2) is 0 Å². The Hall–Kier alpha value is -0.870. The highest BCUT2D eigenvalue weighted by atomic mass is 15.3. The van der Waals surface area contributed by atoms with Crippen LogP contribution >= 0.6 is 0 Å². The summed E-state index contributed by atoms with van der Waals surface area (Å²) in [5, 5.41) is 8.28. The number of hydrogen-bond acceptors (Lipinski definition) is 3. The van der Waals surface area contributed by atoms with Crippen LogP contribution in [-0.2, 0) is 13.5 Å². The molecule has 3 rings (SSSR count). The highest BCUT2D eigenvalue weighted by Gasteiger charge is 2.37. The Morgan fingerprint density at radius 2 is 2.05 bits per heavy atom. The lowest BCUT2D eigenvalue weighted by Gasteiger charge is -2.49. The first-order chi connectivity index (χ1) is 10.3. The topological polar surface area (TPSA) is 33.1 Å². The van der Waals surface area contributed by atoms with E-state index < -0.39 is 0 Å². The van der Waals surface area contributed by atoms with Gasteiger partial charge >= 0.3 is 0 Å². The molecule has 4 nitrogen and oxygen atoms in total. The SMILES string of the molecule is CCCNC1CC2CCCC(C1)N2CCc1ccn(C)n1. The fourth-order valence-corrected chi connectivity index (χ4v) is 4.20. The lowest BCUT2D eigenvalue weighted by atomic mass is 9.81. The van der Waals surface area contributed by atoms with Crippen LogP contribution in [0.1, 0.15) is 51.1 Å². The quantitative estimate of drug-likeness (QED) is 0.873. The molecule has 0 aromatic carbocycles. The minimum Gasteiger partial charge on any atom is -0.314 e. The van der Waals surface area contributed by atoms with Crippen molar-refractivity contribution in [2.24, 2.45) is 7.05 Å². The Morgan fingerprint density at radius 1 is 1.29 bits per heavy atom. The number of aryl methyl sites for hydroxylation is 1. The number of hydrogen-bond donors (Lipinski definition) is 1. The van der Waals surface area contributed by atoms with Crippen molar-refractivity contribution < 1.29 is 0 Å². The van der Waals surface area contributed by atoms with Crippen molar-refractivity contribution in [2.45, 2.75) is 70.0 Å². The van der Waals surface area contributed by atoms with Gasteiger partial charge in [-0.2, -0.15) is 5.10 Å². The third-order valence-corrected chi connectivity index (χ3v) is 5.20. The van der Waals surface area contributed by atoms with Crippen molar-refractivity contribution >= 4 is 0 Å². The molecule has 1 aromatic heterocycles. The van der Waals surface area contributed by atoms with Crippen molar-refractivity contribution in [3.8, 4) is 0 Å². The zero-order valence-electron chi connectivity index (χ0n) is 13.6. The first-order valence-corrected chi connectivity index (χ1v) is 8.74. The van der Waals surface area contributed by atoms with Gasteiger partial charge in [0, 0.05) is 44.3 Å². The Kier molecular flexibility index (Phi) is 4.96. The average molecular weight is 290 g/mol. The lowest BCUT2D eigenvalue weighted by Crippen LogP contribution is -2.56. The van der Waals surface area contributed by atoms with Gasteiger partial charge in [0.2, 0.25) is 0 Å². The number of nitrogens with one attached hydrogen (secondary N) is 1. The minimum atomic E-state index is 0.756. The monoisotopic (exact) mass is 290 g/mol. The Balaban J connectivity index is 1.56. The summed E-state index contributed by atoms with van der Waals surface area (Å²) in [7, 11) is 2.00. The van der Waals surface area contributed by atoms with Crippen molar-refractivity contribution in [3.05, 3.63) is 18.0 Å². The zero-order valence-corrected chi connectivity index (χ0v) is 13.6. The Bertz CT molecular complexity index is 428. The fourth-order valence-electron chi connectivity index (χ4n) is 4.20. The van der Waals surface area contributed by atoms with Crippen molar-refractivity contribution in [3.63, 3.8) is 0 Å². The molecular weight excluding hydrogens is 260 g/mol. The summed E-state index contributed by atoms with van der Waals surface area (Å²) < 4.78 is 1.91. The molecule has 0 saturated carbocycles. The summed E-state index contributed by atoms with van der Waals surface area (Å²) in [5.74, 6) is 0. The molecule has 2 saturated heterocycles. The zero-order chi connectivity index (χ0) is 14.7. The van der Waals surface area contributed by atoms with Crippen LogP contribution in [0.3, 0.4) is 0 Å². The summed E-state index contributed by atoms with van der Waals surface area (Å²) in [6, 6.07) is 4.52. The van der Waals surface area contributed by atoms with E-state index >= 15 is 0 Å². The maximum Gasteiger partial charge on any atom is 0.0637 e. The van der Waals surface area contributed by atoms with Gasteiger partial charge in [0.25, 0.3) is 0 Å². The Labute approximate surface area is 128 Å². The van der Waals surface area contributed by atoms with E-state index in [-0.39, 0.29) is 0 Å². The van der Waals surface area contributed by atoms with Crippen LogP contribution in [0.2, 0.25) is 0 Å². The molecule has 0 spiro atoms. The van der Waals surface area contributed by atoms with Crippen LogP contribution in [0.15, 0.2) is 12.3 Å². The predicted octanol–water partition coefficient (Wildman–Crippen LogP) is 2.35. The molecule has 0 amide bonds. The van der Waals surface area contributed by atoms with Gasteiger partial charge in [0.05, 0.1) is 5.69 Å². The predicted molar refractivity (Wildman–Crippen MR) is 86.4 cm³/mol. The largest absolute Gasteiger partial charge is 0.314 e. The lowest BCUT2D eigenvalue weighted by molar-refractivity contribution is 0.0255. The molecule has 21 heavy (non-hydrogen) atoms. The van der Waals surface area contributed by atoms with Crippen LogP contribution in [0.5, 0.6) is 0 Å². The van der Waals surface area contributed by atoms with Gasteiger partial charge in [0.15, 0.2) is 0 Å². The molecule has 2 unspecified atom stereocenters. The smallest absolute Gasteiger partial charge is 0.0637 e. The van der Waals surface area contributed by atoms with Crippen molar-refractivity contribution in [1.29, 1.82) is 0 Å². The highest BCUT2D eigenvalue weighted by Crippen LogP contribution is 2.34. The molecule has 2 fully saturated rings. The molecule has 2 atom stereocenters. The summed E-state index contributed by atoms with van der Waals surface area (Å²) in [6.45, 7) is 4.63. The normalized spacial score (nSPS) is 29.7. The molecule has 0 aliphatic carbocycles. The van der Waals surface area contributed by atoms with Gasteiger partial charge in [-0.3, -0.25) is 9.58 Å². The van der Waals surface area contributed by atoms with Crippen LogP contribution < -0.4 is 5.32 Å². The molecule has 1 aromatic rings. The van der Waals surface area contributed by atoms with Gasteiger partial charge in [-0.1, -0.05) is 13.3 Å². The van der Waals surface area contributed by atoms with Gasteiger partial charge in [-0.05, 0) is 44.7 Å². The number of rotatable bonds is 6. The van der Waals surface area contributed by atoms with Gasteiger partial charge in [-0.15, -0.1) is 0 Å². The van der Waals surface area contributed by atoms with E-state index in [2.05, 4.69) is 34.5 Å². The molecule has 118 valence electrons. The van der Waals surface area contributed by atoms with E-state index in [0.717, 1.165) is 24.5 Å². The van der Waals surface area contributed by atoms with Crippen LogP contribution in [0, 0.1) is 0 Å². The molecular formula is C17H30N4. The number of fused-ring (bicyclic) bond motifs is 2. The maximum atomic E-state index is 4.52. The van der Waals surface area contributed by atoms with E-state index in [1.165, 1.54) is 57.3 Å². The van der Waals surface area contributed by atoms with E-state index in [4.69, 9.17) is 0 Å². The van der Waals surface area contributed by atoms with E-state index in [1.807, 2.05) is 11.7 Å². The fraction of sp³-hybridized carbons (Fsp3) is 0.824. The number of piperidine rings is 2. The van der Waals surface area contributed by atoms with Gasteiger partial charge < -0.3 is 5.32 Å². The number of aromatic nitrogens is 2. The van der Waals surface area contributed by atoms with E-state index in [1.54, 1.807) is 0 Å². The molecule has 2 aliphatic rings. The molecule has 4 heteroatoms.